The van der Waals surface area contributed by atoms with E-state index in [0.29, 0.717) is 22.7 Å². The standard InChI is InChI=1S/C24H24N2O4/c1-15-5-9-17(10-6-15)26-23(16-7-11-18(28-2)12-8-16)25-20-14-22(30-4)21(29-3)13-19(20)24(26)27/h5-14,23,25H,1-4H3/t23-/m0/s1. The van der Waals surface area contributed by atoms with Crippen LogP contribution in [0.2, 0.25) is 0 Å². The number of hydrogen-bond donors (Lipinski definition) is 1. The lowest BCUT2D eigenvalue weighted by atomic mass is 10.0. The van der Waals surface area contributed by atoms with Crippen LogP contribution in [0.5, 0.6) is 17.2 Å². The lowest BCUT2D eigenvalue weighted by molar-refractivity contribution is 0.0974. The van der Waals surface area contributed by atoms with Gasteiger partial charge in [-0.25, -0.2) is 0 Å². The average molecular weight is 404 g/mol. The van der Waals surface area contributed by atoms with Gasteiger partial charge in [0.25, 0.3) is 5.91 Å². The van der Waals surface area contributed by atoms with E-state index in [0.717, 1.165) is 22.6 Å². The zero-order valence-corrected chi connectivity index (χ0v) is 17.4. The molecule has 1 aliphatic rings. The Morgan fingerprint density at radius 2 is 1.47 bits per heavy atom. The third kappa shape index (κ3) is 3.41. The first kappa shape index (κ1) is 19.6. The molecule has 0 aromatic heterocycles. The molecule has 0 bridgehead atoms. The molecule has 1 heterocycles. The van der Waals surface area contributed by atoms with E-state index in [1.54, 1.807) is 38.4 Å². The van der Waals surface area contributed by atoms with Crippen LogP contribution < -0.4 is 24.4 Å². The minimum atomic E-state index is -0.392. The number of ether oxygens (including phenoxy) is 3. The molecule has 0 saturated carbocycles. The maximum atomic E-state index is 13.6. The number of carbonyl (C=O) groups is 1. The van der Waals surface area contributed by atoms with Crippen molar-refractivity contribution in [1.29, 1.82) is 0 Å². The van der Waals surface area contributed by atoms with Crippen LogP contribution in [-0.4, -0.2) is 27.2 Å². The van der Waals surface area contributed by atoms with E-state index < -0.39 is 6.17 Å². The van der Waals surface area contributed by atoms with E-state index in [1.165, 1.54) is 0 Å². The van der Waals surface area contributed by atoms with Gasteiger partial charge >= 0.3 is 0 Å². The van der Waals surface area contributed by atoms with Crippen LogP contribution in [0, 0.1) is 6.92 Å². The number of carbonyl (C=O) groups excluding carboxylic acids is 1. The van der Waals surface area contributed by atoms with Crippen LogP contribution in [0.4, 0.5) is 11.4 Å². The first-order chi connectivity index (χ1) is 14.5. The third-order valence-corrected chi connectivity index (χ3v) is 5.27. The molecule has 0 spiro atoms. The Morgan fingerprint density at radius 3 is 2.07 bits per heavy atom. The van der Waals surface area contributed by atoms with Crippen molar-refractivity contribution in [3.63, 3.8) is 0 Å². The summed E-state index contributed by atoms with van der Waals surface area (Å²) in [6, 6.07) is 19.1. The summed E-state index contributed by atoms with van der Waals surface area (Å²) in [6.45, 7) is 2.02. The van der Waals surface area contributed by atoms with Crippen molar-refractivity contribution in [3.05, 3.63) is 77.4 Å². The van der Waals surface area contributed by atoms with Gasteiger partial charge in [-0.3, -0.25) is 9.69 Å². The second-order valence-corrected chi connectivity index (χ2v) is 7.08. The lowest BCUT2D eigenvalue weighted by Crippen LogP contribution is -2.43. The molecule has 4 rings (SSSR count). The van der Waals surface area contributed by atoms with Crippen molar-refractivity contribution < 1.29 is 19.0 Å². The van der Waals surface area contributed by atoms with Gasteiger partial charge in [0.05, 0.1) is 32.6 Å². The molecule has 0 fully saturated rings. The Balaban J connectivity index is 1.85. The number of methoxy groups -OCH3 is 3. The Bertz CT molecular complexity index is 1060. The zero-order chi connectivity index (χ0) is 21.3. The summed E-state index contributed by atoms with van der Waals surface area (Å²) in [5, 5.41) is 3.50. The number of anilines is 2. The highest BCUT2D eigenvalue weighted by molar-refractivity contribution is 6.12. The smallest absolute Gasteiger partial charge is 0.262 e. The van der Waals surface area contributed by atoms with Crippen LogP contribution >= 0.6 is 0 Å². The molecule has 1 atom stereocenters. The quantitative estimate of drug-likeness (QED) is 0.662. The lowest BCUT2D eigenvalue weighted by Gasteiger charge is -2.38. The molecule has 154 valence electrons. The van der Waals surface area contributed by atoms with E-state index >= 15 is 0 Å². The normalized spacial score (nSPS) is 15.3. The second kappa shape index (κ2) is 7.99. The second-order valence-electron chi connectivity index (χ2n) is 7.08. The van der Waals surface area contributed by atoms with Crippen molar-refractivity contribution in [2.45, 2.75) is 13.1 Å². The molecular formula is C24H24N2O4. The minimum absolute atomic E-state index is 0.116. The fourth-order valence-electron chi connectivity index (χ4n) is 3.62. The van der Waals surface area contributed by atoms with Gasteiger partial charge in [-0.15, -0.1) is 0 Å². The number of nitrogens with one attached hydrogen (secondary N) is 1. The molecule has 6 heteroatoms. The molecule has 3 aromatic rings. The van der Waals surface area contributed by atoms with Crippen molar-refractivity contribution in [2.24, 2.45) is 0 Å². The minimum Gasteiger partial charge on any atom is -0.497 e. The first-order valence-electron chi connectivity index (χ1n) is 9.62. The first-order valence-corrected chi connectivity index (χ1v) is 9.62. The van der Waals surface area contributed by atoms with Crippen LogP contribution in [0.1, 0.15) is 27.7 Å². The monoisotopic (exact) mass is 404 g/mol. The Labute approximate surface area is 176 Å². The molecule has 0 unspecified atom stereocenters. The van der Waals surface area contributed by atoms with E-state index in [9.17, 15) is 4.79 Å². The Morgan fingerprint density at radius 1 is 0.833 bits per heavy atom. The number of rotatable bonds is 5. The molecule has 3 aromatic carbocycles. The summed E-state index contributed by atoms with van der Waals surface area (Å²) in [5.74, 6) is 1.72. The highest BCUT2D eigenvalue weighted by atomic mass is 16.5. The molecule has 6 nitrogen and oxygen atoms in total. The van der Waals surface area contributed by atoms with Gasteiger partial charge in [0.15, 0.2) is 11.5 Å². The summed E-state index contributed by atoms with van der Waals surface area (Å²) in [4.78, 5) is 15.4. The number of fused-ring (bicyclic) bond motifs is 1. The Kier molecular flexibility index (Phi) is 5.23. The fraction of sp³-hybridized carbons (Fsp3) is 0.208. The summed E-state index contributed by atoms with van der Waals surface area (Å²) < 4.78 is 16.1. The molecule has 1 aliphatic heterocycles. The van der Waals surface area contributed by atoms with Crippen LogP contribution in [-0.2, 0) is 0 Å². The van der Waals surface area contributed by atoms with Gasteiger partial charge < -0.3 is 19.5 Å². The van der Waals surface area contributed by atoms with Crippen molar-refractivity contribution in [3.8, 4) is 17.2 Å². The van der Waals surface area contributed by atoms with Crippen molar-refractivity contribution >= 4 is 17.3 Å². The van der Waals surface area contributed by atoms with Gasteiger partial charge in [0, 0.05) is 11.8 Å². The van der Waals surface area contributed by atoms with E-state index in [4.69, 9.17) is 14.2 Å². The molecule has 0 saturated heterocycles. The number of benzene rings is 3. The highest BCUT2D eigenvalue weighted by Gasteiger charge is 2.35. The van der Waals surface area contributed by atoms with E-state index in [2.05, 4.69) is 5.32 Å². The van der Waals surface area contributed by atoms with Gasteiger partial charge in [0.1, 0.15) is 11.9 Å². The van der Waals surface area contributed by atoms with Crippen LogP contribution in [0.25, 0.3) is 0 Å². The molecular weight excluding hydrogens is 380 g/mol. The maximum Gasteiger partial charge on any atom is 0.262 e. The van der Waals surface area contributed by atoms with E-state index in [1.807, 2.05) is 55.5 Å². The molecule has 1 amide bonds. The fourth-order valence-corrected chi connectivity index (χ4v) is 3.62. The predicted octanol–water partition coefficient (Wildman–Crippen LogP) is 4.79. The third-order valence-electron chi connectivity index (χ3n) is 5.27. The van der Waals surface area contributed by atoms with Crippen molar-refractivity contribution in [2.75, 3.05) is 31.5 Å². The summed E-state index contributed by atoms with van der Waals surface area (Å²) in [7, 11) is 4.77. The van der Waals surface area contributed by atoms with E-state index in [-0.39, 0.29) is 5.91 Å². The van der Waals surface area contributed by atoms with Crippen LogP contribution in [0.15, 0.2) is 60.7 Å². The highest BCUT2D eigenvalue weighted by Crippen LogP contribution is 2.41. The largest absolute Gasteiger partial charge is 0.497 e. The van der Waals surface area contributed by atoms with Crippen molar-refractivity contribution in [1.82, 2.24) is 0 Å². The topological polar surface area (TPSA) is 60.0 Å². The Hall–Kier alpha value is -3.67. The molecule has 30 heavy (non-hydrogen) atoms. The zero-order valence-electron chi connectivity index (χ0n) is 17.4. The average Bonchev–Trinajstić information content (AvgIpc) is 2.79. The van der Waals surface area contributed by atoms with Gasteiger partial charge in [0.2, 0.25) is 0 Å². The number of aryl methyl sites for hydroxylation is 1. The maximum absolute atomic E-state index is 13.6. The summed E-state index contributed by atoms with van der Waals surface area (Å²) in [6.07, 6.45) is -0.392. The predicted molar refractivity (Wildman–Crippen MR) is 117 cm³/mol. The number of amides is 1. The molecule has 1 N–H and O–H groups in total. The van der Waals surface area contributed by atoms with Crippen LogP contribution in [0.3, 0.4) is 0 Å². The van der Waals surface area contributed by atoms with Gasteiger partial charge in [-0.05, 0) is 42.8 Å². The number of nitrogens with zero attached hydrogens (tertiary/aromatic N) is 1. The number of hydrogen-bond acceptors (Lipinski definition) is 5. The van der Waals surface area contributed by atoms with Gasteiger partial charge in [-0.2, -0.15) is 0 Å². The summed E-state index contributed by atoms with van der Waals surface area (Å²) in [5.41, 5.74) is 4.09. The molecule has 0 aliphatic carbocycles. The summed E-state index contributed by atoms with van der Waals surface area (Å²) >= 11 is 0. The SMILES string of the molecule is COc1ccc([C@H]2Nc3cc(OC)c(OC)cc3C(=O)N2c2ccc(C)cc2)cc1. The van der Waals surface area contributed by atoms with Gasteiger partial charge in [-0.1, -0.05) is 29.8 Å². The molecule has 0 radical (unpaired) electrons.